The molecule has 0 heterocycles. The van der Waals surface area contributed by atoms with Gasteiger partial charge < -0.3 is 4.74 Å². The van der Waals surface area contributed by atoms with E-state index in [9.17, 15) is 4.79 Å². The Bertz CT molecular complexity index is 191. The van der Waals surface area contributed by atoms with Gasteiger partial charge in [-0.25, -0.2) is 0 Å². The Kier molecular flexibility index (Phi) is 10.4. The third-order valence-electron chi connectivity index (χ3n) is 2.08. The summed E-state index contributed by atoms with van der Waals surface area (Å²) in [6.45, 7) is 2.70. The van der Waals surface area contributed by atoms with E-state index in [0.717, 1.165) is 32.1 Å². The van der Waals surface area contributed by atoms with Crippen LogP contribution in [0.5, 0.6) is 0 Å². The molecular formula is C13H21O2. The number of unbranched alkanes of at least 4 members (excludes halogenated alkanes) is 5. The second-order valence-electron chi connectivity index (χ2n) is 3.53. The fourth-order valence-corrected chi connectivity index (χ4v) is 1.18. The molecule has 0 aliphatic carbocycles. The number of hydrogen-bond donors (Lipinski definition) is 0. The molecule has 0 saturated heterocycles. The van der Waals surface area contributed by atoms with Crippen LogP contribution >= 0.6 is 0 Å². The minimum Gasteiger partial charge on any atom is -0.465 e. The summed E-state index contributed by atoms with van der Waals surface area (Å²) in [5, 5.41) is 0. The molecule has 0 saturated carbocycles. The first-order chi connectivity index (χ1) is 7.31. The van der Waals surface area contributed by atoms with E-state index in [1.54, 1.807) is 6.42 Å². The fourth-order valence-electron chi connectivity index (χ4n) is 1.18. The zero-order valence-corrected chi connectivity index (χ0v) is 9.63. The summed E-state index contributed by atoms with van der Waals surface area (Å²) in [7, 11) is 0. The molecule has 0 N–H and O–H groups in total. The topological polar surface area (TPSA) is 26.3 Å². The largest absolute Gasteiger partial charge is 0.465 e. The number of ether oxygens (including phenoxy) is 1. The predicted molar refractivity (Wildman–Crippen MR) is 62.1 cm³/mol. The van der Waals surface area contributed by atoms with Crippen molar-refractivity contribution in [1.82, 2.24) is 0 Å². The highest BCUT2D eigenvalue weighted by molar-refractivity contribution is 5.78. The smallest absolute Gasteiger partial charge is 0.309 e. The number of carbonyl (C=O) groups is 1. The number of hydrogen-bond acceptors (Lipinski definition) is 2. The van der Waals surface area contributed by atoms with E-state index >= 15 is 0 Å². The summed E-state index contributed by atoms with van der Waals surface area (Å²) < 4.78 is 5.02. The first kappa shape index (κ1) is 14.0. The standard InChI is InChI=1S/C13H21O2/c1-3-5-7-9-11-13(14)15-12-10-8-6-4-2/h1,11H,4-10,12H2,2H3. The zero-order valence-electron chi connectivity index (χ0n) is 9.63. The van der Waals surface area contributed by atoms with Gasteiger partial charge in [0.05, 0.1) is 13.0 Å². The summed E-state index contributed by atoms with van der Waals surface area (Å²) in [6, 6.07) is 0. The molecule has 0 amide bonds. The van der Waals surface area contributed by atoms with Crippen molar-refractivity contribution in [2.75, 3.05) is 6.61 Å². The molecule has 0 unspecified atom stereocenters. The zero-order chi connectivity index (χ0) is 11.4. The highest BCUT2D eigenvalue weighted by atomic mass is 16.5. The lowest BCUT2D eigenvalue weighted by Gasteiger charge is -2.03. The molecule has 0 aromatic rings. The normalized spacial score (nSPS) is 9.60. The van der Waals surface area contributed by atoms with E-state index in [1.807, 2.05) is 0 Å². The van der Waals surface area contributed by atoms with Crippen molar-refractivity contribution in [3.8, 4) is 12.3 Å². The number of terminal acetylenes is 1. The van der Waals surface area contributed by atoms with Gasteiger partial charge in [0.25, 0.3) is 0 Å². The lowest BCUT2D eigenvalue weighted by Crippen LogP contribution is -2.06. The van der Waals surface area contributed by atoms with E-state index in [1.165, 1.54) is 12.8 Å². The predicted octanol–water partition coefficient (Wildman–Crippen LogP) is 3.12. The highest BCUT2D eigenvalue weighted by Crippen LogP contribution is 2.02. The van der Waals surface area contributed by atoms with Crippen molar-refractivity contribution in [1.29, 1.82) is 0 Å². The Balaban J connectivity index is 3.16. The SMILES string of the molecule is C#CCCC[CH]C(=O)OCCCCCC. The van der Waals surface area contributed by atoms with Crippen molar-refractivity contribution in [2.24, 2.45) is 0 Å². The van der Waals surface area contributed by atoms with Gasteiger partial charge in [0, 0.05) is 6.42 Å². The first-order valence-corrected chi connectivity index (χ1v) is 5.74. The Morgan fingerprint density at radius 3 is 2.80 bits per heavy atom. The molecule has 0 bridgehead atoms. The van der Waals surface area contributed by atoms with Crippen LogP contribution in [0.2, 0.25) is 0 Å². The van der Waals surface area contributed by atoms with Crippen LogP contribution in [0.4, 0.5) is 0 Å². The lowest BCUT2D eigenvalue weighted by atomic mass is 10.2. The molecule has 0 aromatic heterocycles. The molecule has 15 heavy (non-hydrogen) atoms. The Labute approximate surface area is 93.4 Å². The fraction of sp³-hybridized carbons (Fsp3) is 0.692. The Hall–Kier alpha value is -0.970. The molecule has 0 rings (SSSR count). The molecule has 2 nitrogen and oxygen atoms in total. The maximum atomic E-state index is 11.1. The van der Waals surface area contributed by atoms with E-state index in [0.29, 0.717) is 6.61 Å². The van der Waals surface area contributed by atoms with Crippen LogP contribution in [0.25, 0.3) is 0 Å². The maximum absolute atomic E-state index is 11.1. The van der Waals surface area contributed by atoms with E-state index in [4.69, 9.17) is 11.2 Å². The van der Waals surface area contributed by atoms with Gasteiger partial charge in [-0.2, -0.15) is 0 Å². The molecular weight excluding hydrogens is 188 g/mol. The van der Waals surface area contributed by atoms with Crippen molar-refractivity contribution < 1.29 is 9.53 Å². The van der Waals surface area contributed by atoms with Crippen molar-refractivity contribution in [2.45, 2.75) is 51.9 Å². The van der Waals surface area contributed by atoms with Gasteiger partial charge in [-0.05, 0) is 19.3 Å². The summed E-state index contributed by atoms with van der Waals surface area (Å²) in [6.07, 6.45) is 13.5. The Morgan fingerprint density at radius 1 is 1.33 bits per heavy atom. The summed E-state index contributed by atoms with van der Waals surface area (Å²) >= 11 is 0. The second-order valence-corrected chi connectivity index (χ2v) is 3.53. The van der Waals surface area contributed by atoms with E-state index < -0.39 is 0 Å². The number of carbonyl (C=O) groups excluding carboxylic acids is 1. The Morgan fingerprint density at radius 2 is 2.13 bits per heavy atom. The second kappa shape index (κ2) is 11.1. The van der Waals surface area contributed by atoms with Gasteiger partial charge >= 0.3 is 5.97 Å². The monoisotopic (exact) mass is 209 g/mol. The van der Waals surface area contributed by atoms with Gasteiger partial charge in [0.1, 0.15) is 0 Å². The molecule has 0 atom stereocenters. The number of rotatable bonds is 9. The molecule has 0 aliphatic heterocycles. The van der Waals surface area contributed by atoms with E-state index in [-0.39, 0.29) is 5.97 Å². The molecule has 85 valence electrons. The first-order valence-electron chi connectivity index (χ1n) is 5.74. The van der Waals surface area contributed by atoms with Crippen LogP contribution in [-0.2, 0) is 9.53 Å². The van der Waals surface area contributed by atoms with Crippen molar-refractivity contribution in [3.63, 3.8) is 0 Å². The number of esters is 1. The minimum absolute atomic E-state index is 0.205. The minimum atomic E-state index is -0.205. The van der Waals surface area contributed by atoms with Crippen LogP contribution in [0.15, 0.2) is 0 Å². The van der Waals surface area contributed by atoms with Gasteiger partial charge in [-0.3, -0.25) is 4.79 Å². The summed E-state index contributed by atoms with van der Waals surface area (Å²) in [4.78, 5) is 11.1. The molecule has 1 radical (unpaired) electrons. The summed E-state index contributed by atoms with van der Waals surface area (Å²) in [5.41, 5.74) is 0. The van der Waals surface area contributed by atoms with Crippen LogP contribution in [0.3, 0.4) is 0 Å². The molecule has 0 aliphatic rings. The third kappa shape index (κ3) is 11.0. The van der Waals surface area contributed by atoms with Crippen LogP contribution < -0.4 is 0 Å². The average molecular weight is 209 g/mol. The molecule has 0 aromatic carbocycles. The molecule has 0 fully saturated rings. The lowest BCUT2D eigenvalue weighted by molar-refractivity contribution is -0.139. The van der Waals surface area contributed by atoms with Crippen LogP contribution in [-0.4, -0.2) is 12.6 Å². The quantitative estimate of drug-likeness (QED) is 0.331. The van der Waals surface area contributed by atoms with Gasteiger partial charge in [-0.15, -0.1) is 12.3 Å². The highest BCUT2D eigenvalue weighted by Gasteiger charge is 2.01. The van der Waals surface area contributed by atoms with E-state index in [2.05, 4.69) is 12.8 Å². The average Bonchev–Trinajstić information content (AvgIpc) is 2.24. The van der Waals surface area contributed by atoms with Gasteiger partial charge in [0.15, 0.2) is 0 Å². The van der Waals surface area contributed by atoms with Crippen molar-refractivity contribution >= 4 is 5.97 Å². The van der Waals surface area contributed by atoms with Crippen molar-refractivity contribution in [3.05, 3.63) is 6.42 Å². The van der Waals surface area contributed by atoms with Crippen LogP contribution in [0.1, 0.15) is 51.9 Å². The van der Waals surface area contributed by atoms with Gasteiger partial charge in [-0.1, -0.05) is 26.2 Å². The van der Waals surface area contributed by atoms with Crippen LogP contribution in [0, 0.1) is 18.8 Å². The van der Waals surface area contributed by atoms with Gasteiger partial charge in [0.2, 0.25) is 0 Å². The summed E-state index contributed by atoms with van der Waals surface area (Å²) in [5.74, 6) is 2.33. The maximum Gasteiger partial charge on any atom is 0.309 e. The molecule has 2 heteroatoms. The third-order valence-corrected chi connectivity index (χ3v) is 2.08. The molecule has 0 spiro atoms.